The van der Waals surface area contributed by atoms with Crippen LogP contribution in [0.2, 0.25) is 0 Å². The lowest BCUT2D eigenvalue weighted by Crippen LogP contribution is -2.35. The molecule has 1 aliphatic heterocycles. The summed E-state index contributed by atoms with van der Waals surface area (Å²) in [5.74, 6) is 1.98. The minimum absolute atomic E-state index is 0. The van der Waals surface area contributed by atoms with Crippen molar-refractivity contribution in [1.29, 1.82) is 0 Å². The number of fused-ring (bicyclic) bond motifs is 1. The Morgan fingerprint density at radius 1 is 1.17 bits per heavy atom. The number of benzene rings is 1. The van der Waals surface area contributed by atoms with Crippen LogP contribution in [0.3, 0.4) is 0 Å². The summed E-state index contributed by atoms with van der Waals surface area (Å²) < 4.78 is 5.98. The van der Waals surface area contributed by atoms with Gasteiger partial charge in [0.1, 0.15) is 11.5 Å². The highest BCUT2D eigenvalue weighted by Gasteiger charge is 2.25. The van der Waals surface area contributed by atoms with Crippen LogP contribution in [0.4, 0.5) is 0 Å². The van der Waals surface area contributed by atoms with Crippen molar-refractivity contribution in [2.45, 2.75) is 19.5 Å². The van der Waals surface area contributed by atoms with Gasteiger partial charge in [0.15, 0.2) is 0 Å². The molecule has 0 fully saturated rings. The molecule has 1 aliphatic rings. The van der Waals surface area contributed by atoms with Crippen molar-refractivity contribution in [1.82, 2.24) is 9.80 Å². The number of nitrogens with zero attached hydrogens (tertiary/aromatic N) is 2. The first-order chi connectivity index (χ1) is 13.6. The van der Waals surface area contributed by atoms with E-state index in [2.05, 4.69) is 35.3 Å². The molecule has 29 heavy (non-hydrogen) atoms. The van der Waals surface area contributed by atoms with E-state index in [9.17, 15) is 4.79 Å². The Labute approximate surface area is 181 Å². The first kappa shape index (κ1) is 21.4. The highest BCUT2D eigenvalue weighted by Crippen LogP contribution is 2.27. The number of hydrogen-bond donors (Lipinski definition) is 0. The van der Waals surface area contributed by atoms with Gasteiger partial charge in [-0.3, -0.25) is 4.79 Å². The minimum atomic E-state index is 0. The van der Waals surface area contributed by atoms with E-state index in [1.807, 2.05) is 49.3 Å². The molecule has 0 aliphatic carbocycles. The third-order valence-corrected chi connectivity index (χ3v) is 5.81. The second kappa shape index (κ2) is 9.44. The van der Waals surface area contributed by atoms with Crippen LogP contribution in [-0.2, 0) is 19.5 Å². The number of carbonyl (C=O) groups excluding carboxylic acids is 1. The summed E-state index contributed by atoms with van der Waals surface area (Å²) in [6, 6.07) is 16.2. The lowest BCUT2D eigenvalue weighted by molar-refractivity contribution is 0.0723. The van der Waals surface area contributed by atoms with Gasteiger partial charge >= 0.3 is 0 Å². The normalized spacial score (nSPS) is 13.6. The van der Waals surface area contributed by atoms with Crippen LogP contribution in [0, 0.1) is 0 Å². The fourth-order valence-electron chi connectivity index (χ4n) is 3.40. The summed E-state index contributed by atoms with van der Waals surface area (Å²) in [6.07, 6.45) is 4.98. The summed E-state index contributed by atoms with van der Waals surface area (Å²) >= 11 is 1.53. The molecule has 0 bridgehead atoms. The zero-order valence-corrected chi connectivity index (χ0v) is 18.3. The number of halogens is 1. The van der Waals surface area contributed by atoms with Crippen LogP contribution in [0.25, 0.3) is 12.2 Å². The largest absolute Gasteiger partial charge is 0.463 e. The molecule has 3 heterocycles. The van der Waals surface area contributed by atoms with Gasteiger partial charge in [0.2, 0.25) is 0 Å². The Kier molecular flexibility index (Phi) is 6.96. The van der Waals surface area contributed by atoms with E-state index in [4.69, 9.17) is 4.42 Å². The average molecular weight is 429 g/mol. The average Bonchev–Trinajstić information content (AvgIpc) is 3.32. The summed E-state index contributed by atoms with van der Waals surface area (Å²) in [6.45, 7) is 2.07. The predicted molar refractivity (Wildman–Crippen MR) is 121 cm³/mol. The van der Waals surface area contributed by atoms with Gasteiger partial charge in [-0.15, -0.1) is 23.7 Å². The van der Waals surface area contributed by atoms with E-state index in [1.165, 1.54) is 16.9 Å². The number of amides is 1. The molecular formula is C23H25ClN2O2S. The molecule has 0 saturated heterocycles. The van der Waals surface area contributed by atoms with Crippen molar-refractivity contribution < 1.29 is 9.21 Å². The van der Waals surface area contributed by atoms with Gasteiger partial charge in [-0.25, -0.2) is 0 Å². The molecule has 0 unspecified atom stereocenters. The Morgan fingerprint density at radius 2 is 1.97 bits per heavy atom. The molecule has 4 nitrogen and oxygen atoms in total. The van der Waals surface area contributed by atoms with Crippen molar-refractivity contribution >= 4 is 41.8 Å². The van der Waals surface area contributed by atoms with Crippen molar-refractivity contribution in [2.24, 2.45) is 0 Å². The molecule has 4 rings (SSSR count). The standard InChI is InChI=1S/C23H24N2O2S.ClH/c1-24(2)15-19-14-18-12-13-25(16-21(18)27-19)23(26)22-11-10-20(28-22)9-8-17-6-4-3-5-7-17;/h3-11,14H,12-13,15-16H2,1-2H3;1H. The molecular weight excluding hydrogens is 404 g/mol. The topological polar surface area (TPSA) is 36.7 Å². The highest BCUT2D eigenvalue weighted by molar-refractivity contribution is 7.14. The van der Waals surface area contributed by atoms with Crippen LogP contribution in [0.15, 0.2) is 52.9 Å². The van der Waals surface area contributed by atoms with Gasteiger partial charge in [-0.05, 0) is 55.9 Å². The van der Waals surface area contributed by atoms with Crippen LogP contribution in [0.1, 0.15) is 37.2 Å². The molecule has 0 saturated carbocycles. The van der Waals surface area contributed by atoms with Gasteiger partial charge in [-0.1, -0.05) is 36.4 Å². The molecule has 3 aromatic rings. The predicted octanol–water partition coefficient (Wildman–Crippen LogP) is 5.19. The molecule has 0 spiro atoms. The van der Waals surface area contributed by atoms with E-state index in [0.717, 1.165) is 46.3 Å². The van der Waals surface area contributed by atoms with E-state index in [-0.39, 0.29) is 18.3 Å². The Balaban J connectivity index is 0.00000240. The second-order valence-corrected chi connectivity index (χ2v) is 8.44. The number of furan rings is 1. The second-order valence-electron chi connectivity index (χ2n) is 7.32. The van der Waals surface area contributed by atoms with E-state index in [1.54, 1.807) is 0 Å². The van der Waals surface area contributed by atoms with Crippen molar-refractivity contribution in [3.05, 3.63) is 80.9 Å². The molecule has 0 radical (unpaired) electrons. The zero-order chi connectivity index (χ0) is 19.5. The molecule has 6 heteroatoms. The van der Waals surface area contributed by atoms with E-state index < -0.39 is 0 Å². The molecule has 2 aromatic heterocycles. The fraction of sp³-hybridized carbons (Fsp3) is 0.261. The van der Waals surface area contributed by atoms with Crippen LogP contribution in [0.5, 0.6) is 0 Å². The third kappa shape index (κ3) is 5.18. The van der Waals surface area contributed by atoms with Gasteiger partial charge < -0.3 is 14.2 Å². The van der Waals surface area contributed by atoms with Crippen LogP contribution < -0.4 is 0 Å². The molecule has 1 amide bonds. The van der Waals surface area contributed by atoms with Gasteiger partial charge in [-0.2, -0.15) is 0 Å². The molecule has 152 valence electrons. The van der Waals surface area contributed by atoms with Gasteiger partial charge in [0, 0.05) is 11.4 Å². The number of thiophene rings is 1. The van der Waals surface area contributed by atoms with Gasteiger partial charge in [0.05, 0.1) is 18.0 Å². The van der Waals surface area contributed by atoms with Crippen LogP contribution in [-0.4, -0.2) is 36.3 Å². The first-order valence-electron chi connectivity index (χ1n) is 9.46. The lowest BCUT2D eigenvalue weighted by Gasteiger charge is -2.25. The quantitative estimate of drug-likeness (QED) is 0.560. The number of carbonyl (C=O) groups is 1. The zero-order valence-electron chi connectivity index (χ0n) is 16.6. The van der Waals surface area contributed by atoms with Crippen molar-refractivity contribution in [3.63, 3.8) is 0 Å². The molecule has 0 atom stereocenters. The summed E-state index contributed by atoms with van der Waals surface area (Å²) in [5.41, 5.74) is 2.39. The molecule has 1 aromatic carbocycles. The van der Waals surface area contributed by atoms with E-state index in [0.29, 0.717) is 6.54 Å². The highest BCUT2D eigenvalue weighted by atomic mass is 35.5. The molecule has 0 N–H and O–H groups in total. The van der Waals surface area contributed by atoms with Gasteiger partial charge in [0.25, 0.3) is 5.91 Å². The maximum atomic E-state index is 12.9. The smallest absolute Gasteiger partial charge is 0.264 e. The third-order valence-electron chi connectivity index (χ3n) is 4.77. The fourth-order valence-corrected chi connectivity index (χ4v) is 4.28. The van der Waals surface area contributed by atoms with Crippen LogP contribution >= 0.6 is 23.7 Å². The SMILES string of the molecule is CN(C)Cc1cc2c(o1)CN(C(=O)c1ccc(C=Cc3ccccc3)s1)CC2.Cl. The maximum Gasteiger partial charge on any atom is 0.264 e. The Morgan fingerprint density at radius 3 is 2.72 bits per heavy atom. The van der Waals surface area contributed by atoms with E-state index >= 15 is 0 Å². The Bertz CT molecular complexity index is 991. The summed E-state index contributed by atoms with van der Waals surface area (Å²) in [7, 11) is 4.05. The maximum absolute atomic E-state index is 12.9. The number of rotatable bonds is 5. The first-order valence-corrected chi connectivity index (χ1v) is 10.3. The summed E-state index contributed by atoms with van der Waals surface area (Å²) in [5, 5.41) is 0. The summed E-state index contributed by atoms with van der Waals surface area (Å²) in [4.78, 5) is 18.8. The lowest BCUT2D eigenvalue weighted by atomic mass is 10.1. The Hall–Kier alpha value is -2.34. The van der Waals surface area contributed by atoms with Crippen molar-refractivity contribution in [3.8, 4) is 0 Å². The minimum Gasteiger partial charge on any atom is -0.463 e. The number of hydrogen-bond acceptors (Lipinski definition) is 4. The van der Waals surface area contributed by atoms with Crippen molar-refractivity contribution in [2.75, 3.05) is 20.6 Å². The monoisotopic (exact) mass is 428 g/mol.